The first-order valence-corrected chi connectivity index (χ1v) is 13.0. The summed E-state index contributed by atoms with van der Waals surface area (Å²) in [6.45, 7) is 18.0. The lowest BCUT2D eigenvalue weighted by atomic mass is 9.83. The number of benzene rings is 2. The zero-order valence-corrected chi connectivity index (χ0v) is 23.8. The maximum atomic E-state index is 12.0. The third-order valence-corrected chi connectivity index (χ3v) is 6.24. The van der Waals surface area contributed by atoms with Gasteiger partial charge in [-0.05, 0) is 62.1 Å². The van der Waals surface area contributed by atoms with Gasteiger partial charge in [-0.15, -0.1) is 0 Å². The molecule has 0 radical (unpaired) electrons. The van der Waals surface area contributed by atoms with Gasteiger partial charge in [-0.3, -0.25) is 4.79 Å². The molecule has 0 saturated heterocycles. The summed E-state index contributed by atoms with van der Waals surface area (Å²) in [5.74, 6) is 0.0347. The SMILES string of the molecule is C=C(C)C(=O)OCC(CC)(CCOc1ccc(/C=C/c2ccc(OC(=O)C(=C)C)cc2)cc1)COC(=C)C(C)=O. The van der Waals surface area contributed by atoms with Gasteiger partial charge in [0.1, 0.15) is 18.1 Å². The van der Waals surface area contributed by atoms with Crippen LogP contribution in [0.2, 0.25) is 0 Å². The molecule has 0 aliphatic carbocycles. The van der Waals surface area contributed by atoms with Gasteiger partial charge in [0.05, 0.1) is 13.2 Å². The van der Waals surface area contributed by atoms with Gasteiger partial charge in [-0.2, -0.15) is 0 Å². The summed E-state index contributed by atoms with van der Waals surface area (Å²) in [5, 5.41) is 0. The van der Waals surface area contributed by atoms with Crippen molar-refractivity contribution in [3.63, 3.8) is 0 Å². The molecule has 0 N–H and O–H groups in total. The molecular formula is C33H38O7. The van der Waals surface area contributed by atoms with E-state index in [0.717, 1.165) is 11.1 Å². The van der Waals surface area contributed by atoms with Gasteiger partial charge in [0, 0.05) is 23.5 Å². The predicted molar refractivity (Wildman–Crippen MR) is 157 cm³/mol. The van der Waals surface area contributed by atoms with Crippen LogP contribution in [-0.4, -0.2) is 37.5 Å². The molecule has 40 heavy (non-hydrogen) atoms. The zero-order chi connectivity index (χ0) is 29.7. The minimum atomic E-state index is -0.565. The van der Waals surface area contributed by atoms with Crippen LogP contribution in [0.1, 0.15) is 51.7 Å². The lowest BCUT2D eigenvalue weighted by Gasteiger charge is -2.32. The topological polar surface area (TPSA) is 88.1 Å². The third-order valence-electron chi connectivity index (χ3n) is 6.24. The molecule has 0 spiro atoms. The molecule has 0 amide bonds. The van der Waals surface area contributed by atoms with Crippen LogP contribution in [0, 0.1) is 5.41 Å². The minimum Gasteiger partial charge on any atom is -0.494 e. The molecule has 0 aromatic heterocycles. The highest BCUT2D eigenvalue weighted by atomic mass is 16.5. The summed E-state index contributed by atoms with van der Waals surface area (Å²) in [4.78, 5) is 35.2. The van der Waals surface area contributed by atoms with Gasteiger partial charge < -0.3 is 18.9 Å². The molecule has 1 unspecified atom stereocenters. The Bertz CT molecular complexity index is 1220. The van der Waals surface area contributed by atoms with Crippen LogP contribution in [-0.2, 0) is 23.9 Å². The molecule has 0 heterocycles. The number of rotatable bonds is 16. The van der Waals surface area contributed by atoms with Gasteiger partial charge in [-0.25, -0.2) is 9.59 Å². The van der Waals surface area contributed by atoms with E-state index in [9.17, 15) is 14.4 Å². The summed E-state index contributed by atoms with van der Waals surface area (Å²) in [5.41, 5.74) is 2.02. The number of Topliss-reactive ketones (excluding diaryl/α,β-unsaturated/α-hetero) is 1. The second-order valence-electron chi connectivity index (χ2n) is 9.72. The Kier molecular flexibility index (Phi) is 12.1. The summed E-state index contributed by atoms with van der Waals surface area (Å²) in [6, 6.07) is 14.8. The van der Waals surface area contributed by atoms with E-state index in [1.165, 1.54) is 6.92 Å². The second-order valence-corrected chi connectivity index (χ2v) is 9.72. The van der Waals surface area contributed by atoms with Gasteiger partial charge in [-0.1, -0.05) is 63.1 Å². The molecule has 212 valence electrons. The number of ether oxygens (including phenoxy) is 4. The van der Waals surface area contributed by atoms with Crippen molar-refractivity contribution in [1.29, 1.82) is 0 Å². The third kappa shape index (κ3) is 10.4. The first-order chi connectivity index (χ1) is 18.9. The highest BCUT2D eigenvalue weighted by molar-refractivity contribution is 5.90. The van der Waals surface area contributed by atoms with Gasteiger partial charge >= 0.3 is 11.9 Å². The fraction of sp³-hybridized carbons (Fsp3) is 0.303. The summed E-state index contributed by atoms with van der Waals surface area (Å²) in [7, 11) is 0. The van der Waals surface area contributed by atoms with E-state index >= 15 is 0 Å². The van der Waals surface area contributed by atoms with Crippen LogP contribution >= 0.6 is 0 Å². The number of carbonyl (C=O) groups excluding carboxylic acids is 3. The number of ketones is 1. The fourth-order valence-corrected chi connectivity index (χ4v) is 3.34. The zero-order valence-electron chi connectivity index (χ0n) is 23.8. The van der Waals surface area contributed by atoms with Crippen molar-refractivity contribution >= 4 is 29.9 Å². The molecule has 2 rings (SSSR count). The van der Waals surface area contributed by atoms with Gasteiger partial charge in [0.25, 0.3) is 0 Å². The first-order valence-electron chi connectivity index (χ1n) is 13.0. The van der Waals surface area contributed by atoms with E-state index in [-0.39, 0.29) is 24.8 Å². The lowest BCUT2D eigenvalue weighted by molar-refractivity contribution is -0.144. The van der Waals surface area contributed by atoms with Gasteiger partial charge in [0.2, 0.25) is 0 Å². The fourth-order valence-electron chi connectivity index (χ4n) is 3.34. The first kappa shape index (κ1) is 31.8. The molecule has 0 aliphatic heterocycles. The molecule has 0 bridgehead atoms. The minimum absolute atomic E-state index is 0.0655. The highest BCUT2D eigenvalue weighted by Gasteiger charge is 2.32. The monoisotopic (exact) mass is 546 g/mol. The number of allylic oxidation sites excluding steroid dienone is 1. The van der Waals surface area contributed by atoms with Crippen LogP contribution in [0.4, 0.5) is 0 Å². The summed E-state index contributed by atoms with van der Waals surface area (Å²) in [6.07, 6.45) is 5.08. The number of carbonyl (C=O) groups is 3. The number of esters is 2. The Morgan fingerprint density at radius 3 is 1.73 bits per heavy atom. The second kappa shape index (κ2) is 15.3. The van der Waals surface area contributed by atoms with E-state index in [2.05, 4.69) is 19.7 Å². The largest absolute Gasteiger partial charge is 0.494 e. The number of hydrogen-bond acceptors (Lipinski definition) is 7. The molecule has 7 nitrogen and oxygen atoms in total. The Morgan fingerprint density at radius 2 is 1.25 bits per heavy atom. The molecule has 7 heteroatoms. The highest BCUT2D eigenvalue weighted by Crippen LogP contribution is 2.30. The van der Waals surface area contributed by atoms with Crippen molar-refractivity contribution in [3.8, 4) is 11.5 Å². The van der Waals surface area contributed by atoms with Crippen LogP contribution in [0.25, 0.3) is 12.2 Å². The summed E-state index contributed by atoms with van der Waals surface area (Å²) >= 11 is 0. The van der Waals surface area contributed by atoms with E-state index in [1.54, 1.807) is 26.0 Å². The maximum absolute atomic E-state index is 12.0. The molecule has 2 aromatic rings. The van der Waals surface area contributed by atoms with Crippen LogP contribution in [0.15, 0.2) is 85.2 Å². The van der Waals surface area contributed by atoms with Crippen LogP contribution < -0.4 is 9.47 Å². The van der Waals surface area contributed by atoms with Crippen molar-refractivity contribution in [2.45, 2.75) is 40.5 Å². The van der Waals surface area contributed by atoms with E-state index in [0.29, 0.717) is 42.1 Å². The smallest absolute Gasteiger partial charge is 0.338 e. The van der Waals surface area contributed by atoms with Crippen molar-refractivity contribution < 1.29 is 33.3 Å². The van der Waals surface area contributed by atoms with Crippen molar-refractivity contribution in [1.82, 2.24) is 0 Å². The van der Waals surface area contributed by atoms with Crippen molar-refractivity contribution in [2.75, 3.05) is 19.8 Å². The quantitative estimate of drug-likeness (QED) is 0.0757. The number of hydrogen-bond donors (Lipinski definition) is 0. The average molecular weight is 547 g/mol. The van der Waals surface area contributed by atoms with Gasteiger partial charge in [0.15, 0.2) is 11.5 Å². The normalized spacial score (nSPS) is 12.2. The Balaban J connectivity index is 1.97. The Labute approximate surface area is 236 Å². The molecule has 0 saturated carbocycles. The van der Waals surface area contributed by atoms with Crippen molar-refractivity contribution in [3.05, 3.63) is 96.3 Å². The predicted octanol–water partition coefficient (Wildman–Crippen LogP) is 6.74. The van der Waals surface area contributed by atoms with E-state index < -0.39 is 17.4 Å². The molecule has 2 aromatic carbocycles. The molecule has 1 atom stereocenters. The lowest BCUT2D eigenvalue weighted by Crippen LogP contribution is -2.35. The van der Waals surface area contributed by atoms with Crippen LogP contribution in [0.5, 0.6) is 11.5 Å². The van der Waals surface area contributed by atoms with E-state index in [4.69, 9.17) is 18.9 Å². The van der Waals surface area contributed by atoms with Crippen LogP contribution in [0.3, 0.4) is 0 Å². The van der Waals surface area contributed by atoms with Crippen molar-refractivity contribution in [2.24, 2.45) is 5.41 Å². The Morgan fingerprint density at radius 1 is 0.750 bits per heavy atom. The standard InChI is InChI=1S/C33H38O7/c1-8-33(21-38-26(7)25(6)34,22-39-31(35)23(2)3)19-20-37-29-15-11-27(12-16-29)9-10-28-13-17-30(18-14-28)40-32(36)24(4)5/h9-18H,2,4,7-8,19-22H2,1,3,5-6H3/b10-9+. The van der Waals surface area contributed by atoms with E-state index in [1.807, 2.05) is 55.5 Å². The summed E-state index contributed by atoms with van der Waals surface area (Å²) < 4.78 is 22.3. The maximum Gasteiger partial charge on any atom is 0.338 e. The Hall–Kier alpha value is -4.39. The molecular weight excluding hydrogens is 508 g/mol. The molecule has 0 fully saturated rings. The molecule has 0 aliphatic rings. The average Bonchev–Trinajstić information content (AvgIpc) is 2.94.